The third-order valence-corrected chi connectivity index (χ3v) is 7.13. The zero-order chi connectivity index (χ0) is 19.8. The molecule has 1 saturated heterocycles. The van der Waals surface area contributed by atoms with Gasteiger partial charge in [-0.05, 0) is 89.0 Å². The van der Waals surface area contributed by atoms with Crippen molar-refractivity contribution in [2.75, 3.05) is 19.8 Å². The van der Waals surface area contributed by atoms with Crippen LogP contribution in [0.4, 0.5) is 8.78 Å². The first-order valence-electron chi connectivity index (χ1n) is 11.5. The summed E-state index contributed by atoms with van der Waals surface area (Å²) in [5.41, 5.74) is 0. The second-order valence-corrected chi connectivity index (χ2v) is 8.99. The van der Waals surface area contributed by atoms with Crippen molar-refractivity contribution in [3.05, 3.63) is 12.2 Å². The summed E-state index contributed by atoms with van der Waals surface area (Å²) >= 11 is 0. The maximum atomic E-state index is 12.1. The lowest BCUT2D eigenvalue weighted by Crippen LogP contribution is -2.41. The molecule has 0 aromatic rings. The minimum Gasteiger partial charge on any atom is -0.379 e. The lowest BCUT2D eigenvalue weighted by atomic mass is 9.78. The standard InChI is InChI=1S/C23H38F2O3/c1-2-26-21-13-11-18(12-14-21)20-15-27-23(28-16-20)19-9-7-17(8-10-19)5-3-4-6-22(24)25/h6,17-21,23H,2-5,7-16H2,1H3. The second kappa shape index (κ2) is 11.6. The predicted molar refractivity (Wildman–Crippen MR) is 106 cm³/mol. The number of unbranched alkanes of at least 4 members (excludes halogenated alkanes) is 1. The summed E-state index contributed by atoms with van der Waals surface area (Å²) in [6.07, 6.45) is 11.9. The fourth-order valence-corrected chi connectivity index (χ4v) is 5.41. The van der Waals surface area contributed by atoms with Gasteiger partial charge in [-0.2, -0.15) is 8.78 Å². The highest BCUT2D eigenvalue weighted by atomic mass is 19.3. The Kier molecular flexibility index (Phi) is 9.19. The van der Waals surface area contributed by atoms with Crippen molar-refractivity contribution in [3.63, 3.8) is 0 Å². The number of hydrogen-bond acceptors (Lipinski definition) is 3. The van der Waals surface area contributed by atoms with Gasteiger partial charge in [0, 0.05) is 18.4 Å². The van der Waals surface area contributed by atoms with Crippen molar-refractivity contribution in [2.24, 2.45) is 23.7 Å². The highest BCUT2D eigenvalue weighted by Crippen LogP contribution is 2.38. The summed E-state index contributed by atoms with van der Waals surface area (Å²) in [5, 5.41) is 0. The number of ether oxygens (including phenoxy) is 3. The summed E-state index contributed by atoms with van der Waals surface area (Å²) in [6, 6.07) is 0. The molecule has 0 spiro atoms. The first kappa shape index (κ1) is 22.2. The lowest BCUT2D eigenvalue weighted by molar-refractivity contribution is -0.237. The fraction of sp³-hybridized carbons (Fsp3) is 0.913. The smallest absolute Gasteiger partial charge is 0.266 e. The number of allylic oxidation sites excluding steroid dienone is 1. The summed E-state index contributed by atoms with van der Waals surface area (Å²) < 4.78 is 42.3. The van der Waals surface area contributed by atoms with E-state index >= 15 is 0 Å². The van der Waals surface area contributed by atoms with E-state index in [1.54, 1.807) is 0 Å². The lowest BCUT2D eigenvalue weighted by Gasteiger charge is -2.41. The molecule has 1 heterocycles. The van der Waals surface area contributed by atoms with Crippen molar-refractivity contribution in [3.8, 4) is 0 Å². The van der Waals surface area contributed by atoms with Gasteiger partial charge in [-0.1, -0.05) is 6.42 Å². The Morgan fingerprint density at radius 3 is 2.14 bits per heavy atom. The van der Waals surface area contributed by atoms with E-state index in [1.807, 2.05) is 0 Å². The van der Waals surface area contributed by atoms with Crippen LogP contribution in [0.1, 0.15) is 77.6 Å². The van der Waals surface area contributed by atoms with Gasteiger partial charge in [0.05, 0.1) is 19.3 Å². The van der Waals surface area contributed by atoms with E-state index in [-0.39, 0.29) is 6.29 Å². The molecule has 3 aliphatic rings. The van der Waals surface area contributed by atoms with E-state index in [2.05, 4.69) is 6.92 Å². The molecule has 5 heteroatoms. The number of halogens is 2. The maximum absolute atomic E-state index is 12.1. The zero-order valence-electron chi connectivity index (χ0n) is 17.4. The third kappa shape index (κ3) is 6.77. The van der Waals surface area contributed by atoms with Crippen molar-refractivity contribution < 1.29 is 23.0 Å². The summed E-state index contributed by atoms with van der Waals surface area (Å²) in [7, 11) is 0. The predicted octanol–water partition coefficient (Wildman–Crippen LogP) is 6.33. The van der Waals surface area contributed by atoms with Gasteiger partial charge >= 0.3 is 0 Å². The van der Waals surface area contributed by atoms with Crippen LogP contribution in [0.25, 0.3) is 0 Å². The minimum absolute atomic E-state index is 0.0273. The van der Waals surface area contributed by atoms with Crippen LogP contribution >= 0.6 is 0 Å². The van der Waals surface area contributed by atoms with Crippen LogP contribution in [0.2, 0.25) is 0 Å². The van der Waals surface area contributed by atoms with Crippen LogP contribution in [-0.2, 0) is 14.2 Å². The van der Waals surface area contributed by atoms with E-state index in [9.17, 15) is 8.78 Å². The van der Waals surface area contributed by atoms with Crippen LogP contribution in [0.15, 0.2) is 12.2 Å². The minimum atomic E-state index is -1.55. The second-order valence-electron chi connectivity index (χ2n) is 8.99. The van der Waals surface area contributed by atoms with Crippen molar-refractivity contribution in [1.29, 1.82) is 0 Å². The Labute approximate surface area is 169 Å². The molecule has 3 nitrogen and oxygen atoms in total. The monoisotopic (exact) mass is 400 g/mol. The molecule has 162 valence electrons. The van der Waals surface area contributed by atoms with E-state index in [0.29, 0.717) is 30.3 Å². The van der Waals surface area contributed by atoms with E-state index in [0.717, 1.165) is 57.5 Å². The average Bonchev–Trinajstić information content (AvgIpc) is 2.73. The topological polar surface area (TPSA) is 27.7 Å². The van der Waals surface area contributed by atoms with Crippen LogP contribution < -0.4 is 0 Å². The molecule has 2 aliphatic carbocycles. The van der Waals surface area contributed by atoms with Crippen LogP contribution in [0.5, 0.6) is 0 Å². The van der Waals surface area contributed by atoms with Gasteiger partial charge < -0.3 is 14.2 Å². The first-order valence-corrected chi connectivity index (χ1v) is 11.5. The van der Waals surface area contributed by atoms with Crippen LogP contribution in [0, 0.1) is 23.7 Å². The van der Waals surface area contributed by atoms with Crippen LogP contribution in [-0.4, -0.2) is 32.2 Å². The molecule has 1 aliphatic heterocycles. The van der Waals surface area contributed by atoms with Crippen LogP contribution in [0.3, 0.4) is 0 Å². The summed E-state index contributed by atoms with van der Waals surface area (Å²) in [5.74, 6) is 2.45. The SMILES string of the molecule is CCOC1CCC(C2COC(C3CCC(CCCC=C(F)F)CC3)OC2)CC1. The first-order chi connectivity index (χ1) is 13.7. The normalized spacial score (nSPS) is 36.8. The molecule has 0 aromatic heterocycles. The molecule has 3 fully saturated rings. The summed E-state index contributed by atoms with van der Waals surface area (Å²) in [6.45, 7) is 4.58. The van der Waals surface area contributed by atoms with Crippen molar-refractivity contribution >= 4 is 0 Å². The Bertz CT molecular complexity index is 456. The number of rotatable bonds is 8. The molecule has 0 atom stereocenters. The summed E-state index contributed by atoms with van der Waals surface area (Å²) in [4.78, 5) is 0. The Morgan fingerprint density at radius 2 is 1.54 bits per heavy atom. The average molecular weight is 401 g/mol. The van der Waals surface area contributed by atoms with E-state index in [1.165, 1.54) is 38.5 Å². The van der Waals surface area contributed by atoms with Crippen molar-refractivity contribution in [2.45, 2.75) is 89.9 Å². The van der Waals surface area contributed by atoms with Gasteiger partial charge in [0.25, 0.3) is 6.08 Å². The molecule has 0 unspecified atom stereocenters. The molecule has 3 rings (SSSR count). The van der Waals surface area contributed by atoms with E-state index in [4.69, 9.17) is 14.2 Å². The molecule has 0 bridgehead atoms. The quantitative estimate of drug-likeness (QED) is 0.446. The third-order valence-electron chi connectivity index (χ3n) is 7.13. The van der Waals surface area contributed by atoms with Gasteiger partial charge in [-0.3, -0.25) is 0 Å². The fourth-order valence-electron chi connectivity index (χ4n) is 5.41. The Hall–Kier alpha value is -0.520. The highest BCUT2D eigenvalue weighted by molar-refractivity contribution is 4.83. The number of hydrogen-bond donors (Lipinski definition) is 0. The van der Waals surface area contributed by atoms with Gasteiger partial charge in [0.15, 0.2) is 6.29 Å². The maximum Gasteiger partial charge on any atom is 0.266 e. The largest absolute Gasteiger partial charge is 0.379 e. The highest BCUT2D eigenvalue weighted by Gasteiger charge is 2.36. The van der Waals surface area contributed by atoms with Crippen molar-refractivity contribution in [1.82, 2.24) is 0 Å². The molecule has 0 amide bonds. The molecule has 0 aromatic carbocycles. The Balaban J connectivity index is 1.30. The molecule has 2 saturated carbocycles. The van der Waals surface area contributed by atoms with Gasteiger partial charge in [-0.25, -0.2) is 0 Å². The van der Waals surface area contributed by atoms with Gasteiger partial charge in [0.2, 0.25) is 0 Å². The van der Waals surface area contributed by atoms with Gasteiger partial charge in [0.1, 0.15) is 0 Å². The van der Waals surface area contributed by atoms with E-state index < -0.39 is 6.08 Å². The molecular weight excluding hydrogens is 362 g/mol. The Morgan fingerprint density at radius 1 is 0.893 bits per heavy atom. The molecule has 0 N–H and O–H groups in total. The molecular formula is C23H38F2O3. The zero-order valence-corrected chi connectivity index (χ0v) is 17.4. The van der Waals surface area contributed by atoms with Gasteiger partial charge in [-0.15, -0.1) is 0 Å². The molecule has 0 radical (unpaired) electrons. The molecule has 28 heavy (non-hydrogen) atoms.